The van der Waals surface area contributed by atoms with E-state index in [9.17, 15) is 14.3 Å². The lowest BCUT2D eigenvalue weighted by atomic mass is 10.1. The van der Waals surface area contributed by atoms with E-state index in [0.29, 0.717) is 13.0 Å². The van der Waals surface area contributed by atoms with Gasteiger partial charge in [-0.3, -0.25) is 13.8 Å². The first-order valence-electron chi connectivity index (χ1n) is 24.4. The first-order chi connectivity index (χ1) is 30.4. The summed E-state index contributed by atoms with van der Waals surface area (Å²) in [6.07, 6.45) is 66.8. The van der Waals surface area contributed by atoms with E-state index in [1.165, 1.54) is 51.4 Å². The van der Waals surface area contributed by atoms with Gasteiger partial charge in [-0.05, 0) is 96.3 Å². The molecule has 9 heteroatoms. The van der Waals surface area contributed by atoms with E-state index in [0.717, 1.165) is 109 Å². The van der Waals surface area contributed by atoms with Crippen LogP contribution in [0.25, 0.3) is 0 Å². The minimum absolute atomic E-state index is 0.0899. The minimum atomic E-state index is -4.30. The van der Waals surface area contributed by atoms with Gasteiger partial charge in [-0.15, -0.1) is 0 Å². The standard InChI is InChI=1S/C53H90NO7P/c1-3-5-7-9-11-13-15-17-19-21-23-24-25-26-27-28-29-30-32-34-36-38-40-42-44-46-53(55)61-52(51-60-62(56,57)59-49-47-54)50-58-48-45-43-41-39-37-35-33-31-22-20-18-16-14-12-10-8-6-4-2/h5-8,11-14,17-20,23-24,26-27,29-30,52H,3-4,9-10,15-16,21-22,25,28,31-51,54H2,1-2H3,(H,56,57)/b7-5-,8-6-,13-11-,14-12-,19-17-,20-18-,24-23-,27-26-,30-29-. The predicted octanol–water partition coefficient (Wildman–Crippen LogP) is 15.2. The molecule has 0 aliphatic heterocycles. The molecular formula is C53H90NO7P. The zero-order valence-corrected chi connectivity index (χ0v) is 40.2. The van der Waals surface area contributed by atoms with E-state index in [1.54, 1.807) is 0 Å². The number of hydrogen-bond donors (Lipinski definition) is 2. The number of carbonyl (C=O) groups excluding carboxylic acids is 1. The number of hydrogen-bond acceptors (Lipinski definition) is 7. The van der Waals surface area contributed by atoms with Gasteiger partial charge in [-0.25, -0.2) is 4.57 Å². The van der Waals surface area contributed by atoms with Crippen molar-refractivity contribution in [1.29, 1.82) is 0 Å². The van der Waals surface area contributed by atoms with Crippen molar-refractivity contribution in [3.8, 4) is 0 Å². The molecule has 0 fully saturated rings. The molecule has 2 atom stereocenters. The van der Waals surface area contributed by atoms with Gasteiger partial charge in [-0.2, -0.15) is 0 Å². The maximum atomic E-state index is 12.6. The lowest BCUT2D eigenvalue weighted by molar-refractivity contribution is -0.154. The zero-order valence-electron chi connectivity index (χ0n) is 39.3. The Morgan fingerprint density at radius 3 is 1.27 bits per heavy atom. The van der Waals surface area contributed by atoms with E-state index >= 15 is 0 Å². The zero-order chi connectivity index (χ0) is 45.1. The second kappa shape index (κ2) is 49.2. The van der Waals surface area contributed by atoms with Crippen LogP contribution in [0.3, 0.4) is 0 Å². The molecule has 0 saturated carbocycles. The topological polar surface area (TPSA) is 117 Å². The van der Waals surface area contributed by atoms with Crippen LogP contribution in [0.15, 0.2) is 109 Å². The number of phosphoric ester groups is 1. The monoisotopic (exact) mass is 884 g/mol. The summed E-state index contributed by atoms with van der Waals surface area (Å²) in [5.74, 6) is -0.352. The van der Waals surface area contributed by atoms with Crippen molar-refractivity contribution >= 4 is 13.8 Å². The number of phosphoric acid groups is 1. The fraction of sp³-hybridized carbons (Fsp3) is 0.642. The SMILES string of the molecule is CC/C=C\C/C=C\C/C=C\C/C=C\C/C=C\C/C=C\CCCCCCCCC(=O)OC(COCCCCCCCCCC/C=C\C/C=C\C/C=C\CC)COP(=O)(O)OCCN. The van der Waals surface area contributed by atoms with Crippen LogP contribution >= 0.6 is 7.82 Å². The number of unbranched alkanes of at least 4 members (excludes halogenated alkanes) is 14. The number of nitrogens with two attached hydrogens (primary N) is 1. The molecule has 0 amide bonds. The molecule has 0 aliphatic rings. The highest BCUT2D eigenvalue weighted by molar-refractivity contribution is 7.47. The van der Waals surface area contributed by atoms with Crippen molar-refractivity contribution in [3.05, 3.63) is 109 Å². The van der Waals surface area contributed by atoms with Gasteiger partial charge in [-0.1, -0.05) is 187 Å². The van der Waals surface area contributed by atoms with Crippen molar-refractivity contribution in [2.24, 2.45) is 5.73 Å². The molecule has 0 spiro atoms. The molecule has 0 aromatic rings. The van der Waals surface area contributed by atoms with E-state index in [4.69, 9.17) is 24.3 Å². The molecule has 3 N–H and O–H groups in total. The fourth-order valence-corrected chi connectivity index (χ4v) is 6.96. The van der Waals surface area contributed by atoms with Gasteiger partial charge < -0.3 is 20.1 Å². The Kier molecular flexibility index (Phi) is 46.9. The molecule has 2 unspecified atom stereocenters. The molecule has 354 valence electrons. The average molecular weight is 884 g/mol. The number of allylic oxidation sites excluding steroid dienone is 18. The normalized spacial score (nSPS) is 14.3. The second-order valence-electron chi connectivity index (χ2n) is 15.6. The Morgan fingerprint density at radius 1 is 0.484 bits per heavy atom. The Hall–Kier alpha value is -2.84. The molecule has 0 aromatic carbocycles. The van der Waals surface area contributed by atoms with E-state index in [1.807, 2.05) is 0 Å². The van der Waals surface area contributed by atoms with Crippen molar-refractivity contribution in [2.75, 3.05) is 33.0 Å². The van der Waals surface area contributed by atoms with Crippen LogP contribution in [-0.2, 0) is 27.9 Å². The number of rotatable bonds is 45. The summed E-state index contributed by atoms with van der Waals surface area (Å²) in [6, 6.07) is 0. The van der Waals surface area contributed by atoms with Gasteiger partial charge in [0.25, 0.3) is 0 Å². The van der Waals surface area contributed by atoms with Gasteiger partial charge in [0.05, 0.1) is 19.8 Å². The van der Waals surface area contributed by atoms with Crippen molar-refractivity contribution in [2.45, 2.75) is 187 Å². The molecule has 0 radical (unpaired) electrons. The third-order valence-corrected chi connectivity index (χ3v) is 10.7. The summed E-state index contributed by atoms with van der Waals surface area (Å²) in [4.78, 5) is 22.6. The van der Waals surface area contributed by atoms with Crippen LogP contribution in [0, 0.1) is 0 Å². The van der Waals surface area contributed by atoms with Gasteiger partial charge in [0, 0.05) is 19.6 Å². The van der Waals surface area contributed by atoms with Crippen LogP contribution in [0.5, 0.6) is 0 Å². The van der Waals surface area contributed by atoms with Gasteiger partial charge in [0.15, 0.2) is 0 Å². The first-order valence-corrected chi connectivity index (χ1v) is 25.9. The van der Waals surface area contributed by atoms with Crippen LogP contribution in [-0.4, -0.2) is 49.9 Å². The maximum Gasteiger partial charge on any atom is 0.472 e. The fourth-order valence-electron chi connectivity index (χ4n) is 6.19. The van der Waals surface area contributed by atoms with Crippen molar-refractivity contribution < 1.29 is 32.8 Å². The molecule has 0 rings (SSSR count). The number of carbonyl (C=O) groups is 1. The lowest BCUT2D eigenvalue weighted by Gasteiger charge is -2.20. The largest absolute Gasteiger partial charge is 0.472 e. The summed E-state index contributed by atoms with van der Waals surface area (Å²) >= 11 is 0. The molecule has 0 bridgehead atoms. The van der Waals surface area contributed by atoms with Crippen LogP contribution < -0.4 is 5.73 Å². The highest BCUT2D eigenvalue weighted by Crippen LogP contribution is 2.43. The first kappa shape index (κ1) is 59.2. The molecule has 0 heterocycles. The van der Waals surface area contributed by atoms with Crippen LogP contribution in [0.4, 0.5) is 0 Å². The van der Waals surface area contributed by atoms with Crippen molar-refractivity contribution in [1.82, 2.24) is 0 Å². The van der Waals surface area contributed by atoms with Crippen LogP contribution in [0.2, 0.25) is 0 Å². The molecular weight excluding hydrogens is 794 g/mol. The summed E-state index contributed by atoms with van der Waals surface area (Å²) < 4.78 is 33.5. The number of esters is 1. The quantitative estimate of drug-likeness (QED) is 0.0269. The van der Waals surface area contributed by atoms with E-state index < -0.39 is 13.9 Å². The summed E-state index contributed by atoms with van der Waals surface area (Å²) in [5, 5.41) is 0. The van der Waals surface area contributed by atoms with Gasteiger partial charge >= 0.3 is 13.8 Å². The molecule has 8 nitrogen and oxygen atoms in total. The maximum absolute atomic E-state index is 12.6. The average Bonchev–Trinajstić information content (AvgIpc) is 3.26. The second-order valence-corrected chi connectivity index (χ2v) is 17.0. The smallest absolute Gasteiger partial charge is 0.457 e. The van der Waals surface area contributed by atoms with E-state index in [-0.39, 0.29) is 32.3 Å². The summed E-state index contributed by atoms with van der Waals surface area (Å²) in [7, 11) is -4.30. The third kappa shape index (κ3) is 48.2. The lowest BCUT2D eigenvalue weighted by Crippen LogP contribution is -2.28. The van der Waals surface area contributed by atoms with Crippen LogP contribution in [0.1, 0.15) is 181 Å². The molecule has 0 saturated heterocycles. The Balaban J connectivity index is 4.06. The predicted molar refractivity (Wildman–Crippen MR) is 265 cm³/mol. The Morgan fingerprint density at radius 2 is 0.855 bits per heavy atom. The number of ether oxygens (including phenoxy) is 2. The molecule has 0 aromatic heterocycles. The van der Waals surface area contributed by atoms with E-state index in [2.05, 4.69) is 123 Å². The summed E-state index contributed by atoms with van der Waals surface area (Å²) in [5.41, 5.74) is 5.38. The Labute approximate surface area is 380 Å². The highest BCUT2D eigenvalue weighted by atomic mass is 31.2. The van der Waals surface area contributed by atoms with Gasteiger partial charge in [0.2, 0.25) is 0 Å². The third-order valence-electron chi connectivity index (χ3n) is 9.69. The highest BCUT2D eigenvalue weighted by Gasteiger charge is 2.25. The molecule has 62 heavy (non-hydrogen) atoms. The van der Waals surface area contributed by atoms with Crippen molar-refractivity contribution in [3.63, 3.8) is 0 Å². The molecule has 0 aliphatic carbocycles. The minimum Gasteiger partial charge on any atom is -0.457 e. The Bertz CT molecular complexity index is 1310. The summed E-state index contributed by atoms with van der Waals surface area (Å²) in [6.45, 7) is 4.64. The van der Waals surface area contributed by atoms with Gasteiger partial charge in [0.1, 0.15) is 6.10 Å².